The van der Waals surface area contributed by atoms with Crippen LogP contribution in [0.1, 0.15) is 13.8 Å². The molecule has 0 heterocycles. The van der Waals surface area contributed by atoms with E-state index in [4.69, 9.17) is 0 Å². The van der Waals surface area contributed by atoms with Crippen molar-refractivity contribution in [2.75, 3.05) is 0 Å². The fourth-order valence-corrected chi connectivity index (χ4v) is 0.329. The first-order chi connectivity index (χ1) is 3.63. The van der Waals surface area contributed by atoms with E-state index in [0.29, 0.717) is 5.92 Å². The van der Waals surface area contributed by atoms with Crippen LogP contribution in [0.5, 0.6) is 0 Å². The SMILES string of the molecule is [CH2]C(C)/C=C\C(=C)C. The Labute approximate surface area is 51.9 Å². The number of allylic oxidation sites excluding steroid dienone is 3. The van der Waals surface area contributed by atoms with Crippen molar-refractivity contribution in [3.63, 3.8) is 0 Å². The van der Waals surface area contributed by atoms with Crippen molar-refractivity contribution in [3.05, 3.63) is 31.2 Å². The summed E-state index contributed by atoms with van der Waals surface area (Å²) in [5, 5.41) is 0. The van der Waals surface area contributed by atoms with Gasteiger partial charge in [-0.15, -0.1) is 0 Å². The molecule has 0 N–H and O–H groups in total. The molecule has 0 aliphatic carbocycles. The third kappa shape index (κ3) is 5.48. The van der Waals surface area contributed by atoms with Gasteiger partial charge in [0.1, 0.15) is 0 Å². The fraction of sp³-hybridized carbons (Fsp3) is 0.375. The van der Waals surface area contributed by atoms with Crippen LogP contribution >= 0.6 is 0 Å². The summed E-state index contributed by atoms with van der Waals surface area (Å²) in [7, 11) is 0. The second-order valence-corrected chi connectivity index (χ2v) is 2.18. The molecule has 0 bridgehead atoms. The summed E-state index contributed by atoms with van der Waals surface area (Å²) in [6.07, 6.45) is 4.01. The molecule has 0 aliphatic rings. The molecule has 0 saturated heterocycles. The molecular formula is C8H13. The van der Waals surface area contributed by atoms with Crippen LogP contribution in [0.3, 0.4) is 0 Å². The Kier molecular flexibility index (Phi) is 3.25. The molecule has 0 rings (SSSR count). The van der Waals surface area contributed by atoms with Gasteiger partial charge in [-0.1, -0.05) is 31.2 Å². The molecule has 0 aromatic rings. The van der Waals surface area contributed by atoms with Gasteiger partial charge in [-0.3, -0.25) is 0 Å². The smallest absolute Gasteiger partial charge is 0.0259 e. The van der Waals surface area contributed by atoms with Crippen LogP contribution in [-0.2, 0) is 0 Å². The van der Waals surface area contributed by atoms with Crippen LogP contribution in [-0.4, -0.2) is 0 Å². The summed E-state index contributed by atoms with van der Waals surface area (Å²) >= 11 is 0. The van der Waals surface area contributed by atoms with E-state index < -0.39 is 0 Å². The van der Waals surface area contributed by atoms with Gasteiger partial charge < -0.3 is 0 Å². The van der Waals surface area contributed by atoms with Crippen LogP contribution in [0.15, 0.2) is 24.3 Å². The zero-order valence-electron chi connectivity index (χ0n) is 5.65. The third-order valence-corrected chi connectivity index (χ3v) is 0.709. The summed E-state index contributed by atoms with van der Waals surface area (Å²) in [6.45, 7) is 11.5. The molecule has 0 aliphatic heterocycles. The molecule has 0 fully saturated rings. The highest BCUT2D eigenvalue weighted by Gasteiger charge is 1.81. The first-order valence-electron chi connectivity index (χ1n) is 2.79. The Morgan fingerprint density at radius 1 is 1.62 bits per heavy atom. The minimum atomic E-state index is 0.395. The molecule has 0 spiro atoms. The predicted octanol–water partition coefficient (Wildman–Crippen LogP) is 2.59. The molecule has 0 aromatic heterocycles. The molecular weight excluding hydrogens is 96.1 g/mol. The highest BCUT2D eigenvalue weighted by atomic mass is 13.9. The molecule has 1 radical (unpaired) electrons. The van der Waals surface area contributed by atoms with Crippen molar-refractivity contribution >= 4 is 0 Å². The molecule has 8 heavy (non-hydrogen) atoms. The van der Waals surface area contributed by atoms with E-state index in [1.165, 1.54) is 0 Å². The Balaban J connectivity index is 3.50. The molecule has 1 unspecified atom stereocenters. The van der Waals surface area contributed by atoms with Crippen molar-refractivity contribution in [2.24, 2.45) is 5.92 Å². The Morgan fingerprint density at radius 3 is 2.25 bits per heavy atom. The maximum Gasteiger partial charge on any atom is -0.0259 e. The van der Waals surface area contributed by atoms with Gasteiger partial charge in [0.05, 0.1) is 0 Å². The van der Waals surface area contributed by atoms with Crippen molar-refractivity contribution in [2.45, 2.75) is 13.8 Å². The van der Waals surface area contributed by atoms with Gasteiger partial charge in [0, 0.05) is 0 Å². The highest BCUT2D eigenvalue weighted by molar-refractivity contribution is 5.11. The highest BCUT2D eigenvalue weighted by Crippen LogP contribution is 1.96. The second kappa shape index (κ2) is 3.48. The van der Waals surface area contributed by atoms with E-state index >= 15 is 0 Å². The van der Waals surface area contributed by atoms with Crippen molar-refractivity contribution < 1.29 is 0 Å². The average molecular weight is 109 g/mol. The third-order valence-electron chi connectivity index (χ3n) is 0.709. The Morgan fingerprint density at radius 2 is 2.12 bits per heavy atom. The monoisotopic (exact) mass is 109 g/mol. The minimum absolute atomic E-state index is 0.395. The maximum absolute atomic E-state index is 3.78. The van der Waals surface area contributed by atoms with Crippen LogP contribution in [0.25, 0.3) is 0 Å². The number of rotatable bonds is 2. The van der Waals surface area contributed by atoms with E-state index in [2.05, 4.69) is 13.5 Å². The van der Waals surface area contributed by atoms with Gasteiger partial charge in [0.15, 0.2) is 0 Å². The molecule has 0 amide bonds. The van der Waals surface area contributed by atoms with Crippen molar-refractivity contribution in [3.8, 4) is 0 Å². The van der Waals surface area contributed by atoms with Crippen LogP contribution < -0.4 is 0 Å². The summed E-state index contributed by atoms with van der Waals surface area (Å²) in [6, 6.07) is 0. The first kappa shape index (κ1) is 7.48. The van der Waals surface area contributed by atoms with Gasteiger partial charge >= 0.3 is 0 Å². The van der Waals surface area contributed by atoms with Gasteiger partial charge in [-0.2, -0.15) is 0 Å². The van der Waals surface area contributed by atoms with E-state index in [0.717, 1.165) is 5.57 Å². The standard InChI is InChI=1S/C8H13/c1-7(2)5-6-8(3)4/h5-7H,1,3H2,2,4H3/b6-5-. The Hall–Kier alpha value is -0.520. The van der Waals surface area contributed by atoms with Gasteiger partial charge in [0.25, 0.3) is 0 Å². The van der Waals surface area contributed by atoms with Gasteiger partial charge in [0.2, 0.25) is 0 Å². The molecule has 45 valence electrons. The molecule has 0 saturated carbocycles. The average Bonchev–Trinajstić information content (AvgIpc) is 1.61. The minimum Gasteiger partial charge on any atom is -0.0961 e. The largest absolute Gasteiger partial charge is 0.0961 e. The molecule has 0 nitrogen and oxygen atoms in total. The molecule has 0 aromatic carbocycles. The second-order valence-electron chi connectivity index (χ2n) is 2.18. The zero-order valence-corrected chi connectivity index (χ0v) is 5.65. The number of hydrogen-bond donors (Lipinski definition) is 0. The zero-order chi connectivity index (χ0) is 6.57. The van der Waals surface area contributed by atoms with E-state index in [1.54, 1.807) is 0 Å². The topological polar surface area (TPSA) is 0 Å². The molecule has 0 heteroatoms. The van der Waals surface area contributed by atoms with E-state index in [1.807, 2.05) is 26.0 Å². The predicted molar refractivity (Wildman–Crippen MR) is 38.5 cm³/mol. The van der Waals surface area contributed by atoms with E-state index in [9.17, 15) is 0 Å². The summed E-state index contributed by atoms with van der Waals surface area (Å²) in [4.78, 5) is 0. The van der Waals surface area contributed by atoms with E-state index in [-0.39, 0.29) is 0 Å². The molecule has 1 atom stereocenters. The summed E-state index contributed by atoms with van der Waals surface area (Å²) < 4.78 is 0. The maximum atomic E-state index is 3.78. The van der Waals surface area contributed by atoms with Crippen molar-refractivity contribution in [1.82, 2.24) is 0 Å². The normalized spacial score (nSPS) is 11.0. The lowest BCUT2D eigenvalue weighted by Gasteiger charge is -1.90. The summed E-state index contributed by atoms with van der Waals surface area (Å²) in [5.41, 5.74) is 1.08. The van der Waals surface area contributed by atoms with Crippen molar-refractivity contribution in [1.29, 1.82) is 0 Å². The lowest BCUT2D eigenvalue weighted by atomic mass is 10.2. The Bertz CT molecular complexity index is 96.6. The first-order valence-corrected chi connectivity index (χ1v) is 2.79. The van der Waals surface area contributed by atoms with Crippen LogP contribution in [0.4, 0.5) is 0 Å². The lowest BCUT2D eigenvalue weighted by molar-refractivity contribution is 0.934. The number of hydrogen-bond acceptors (Lipinski definition) is 0. The van der Waals surface area contributed by atoms with Crippen LogP contribution in [0.2, 0.25) is 0 Å². The summed E-state index contributed by atoms with van der Waals surface area (Å²) in [5.74, 6) is 0.395. The quantitative estimate of drug-likeness (QED) is 0.478. The van der Waals surface area contributed by atoms with Gasteiger partial charge in [-0.05, 0) is 19.8 Å². The fourth-order valence-electron chi connectivity index (χ4n) is 0.329. The van der Waals surface area contributed by atoms with Gasteiger partial charge in [-0.25, -0.2) is 0 Å². The lowest BCUT2D eigenvalue weighted by Crippen LogP contribution is -1.76. The van der Waals surface area contributed by atoms with Crippen LogP contribution in [0, 0.1) is 12.8 Å².